The molecule has 5 heteroatoms. The number of fused-ring (bicyclic) bond motifs is 5. The van der Waals surface area contributed by atoms with Crippen LogP contribution in [0.25, 0.3) is 0 Å². The summed E-state index contributed by atoms with van der Waals surface area (Å²) in [4.78, 5) is 36.2. The molecule has 0 aromatic rings. The van der Waals surface area contributed by atoms with Crippen molar-refractivity contribution in [2.45, 2.75) is 84.8 Å². The fourth-order valence-corrected chi connectivity index (χ4v) is 7.05. The summed E-state index contributed by atoms with van der Waals surface area (Å²) in [6.45, 7) is 7.46. The molecule has 0 bridgehead atoms. The van der Waals surface area contributed by atoms with Gasteiger partial charge >= 0.3 is 11.9 Å². The summed E-state index contributed by atoms with van der Waals surface area (Å²) in [5.74, 6) is 0.419. The van der Waals surface area contributed by atoms with E-state index >= 15 is 0 Å². The Bertz CT molecular complexity index is 739. The zero-order valence-electron chi connectivity index (χ0n) is 17.5. The molecule has 4 rings (SSSR count). The van der Waals surface area contributed by atoms with Crippen LogP contribution in [0.2, 0.25) is 0 Å². The van der Waals surface area contributed by atoms with Crippen LogP contribution in [0.4, 0.5) is 0 Å². The van der Waals surface area contributed by atoms with Gasteiger partial charge in [0.1, 0.15) is 12.2 Å². The predicted octanol–water partition coefficient (Wildman–Crippen LogP) is 3.99. The third kappa shape index (κ3) is 2.93. The van der Waals surface area contributed by atoms with Gasteiger partial charge in [0.25, 0.3) is 0 Å². The van der Waals surface area contributed by atoms with Crippen LogP contribution < -0.4 is 0 Å². The number of allylic oxidation sites excluding steroid dienone is 1. The van der Waals surface area contributed by atoms with Gasteiger partial charge in [-0.05, 0) is 61.9 Å². The Balaban J connectivity index is 1.62. The fraction of sp³-hybridized carbons (Fsp3) is 0.783. The Morgan fingerprint density at radius 2 is 1.68 bits per heavy atom. The number of esters is 2. The SMILES string of the molecule is CC(=O)O[C@H]1CC[C@@]2(C)C(=CC(=O)[C@@H]3[C@H]4CC[C@H](OC(C)=O)[C@]4(C)CC[C@H]32)C1. The van der Waals surface area contributed by atoms with Crippen LogP contribution in [0.1, 0.15) is 72.6 Å². The molecule has 0 aliphatic heterocycles. The normalized spacial score (nSPS) is 44.6. The number of hydrogen-bond donors (Lipinski definition) is 0. The van der Waals surface area contributed by atoms with E-state index in [0.29, 0.717) is 12.3 Å². The zero-order valence-corrected chi connectivity index (χ0v) is 17.5. The minimum Gasteiger partial charge on any atom is -0.462 e. The van der Waals surface area contributed by atoms with Crippen molar-refractivity contribution in [3.05, 3.63) is 11.6 Å². The standard InChI is InChI=1S/C23H32O5/c1-13(24)27-16-7-9-22(3)15(11-16)12-19(26)21-17-5-6-20(28-14(2)25)23(17,4)10-8-18(21)22/h12,16-18,20-21H,5-11H2,1-4H3/t16-,17+,18+,20-,21+,22-,23+/m0/s1. The first-order valence-electron chi connectivity index (χ1n) is 10.7. The number of ketones is 1. The topological polar surface area (TPSA) is 69.7 Å². The summed E-state index contributed by atoms with van der Waals surface area (Å²) in [7, 11) is 0. The lowest BCUT2D eigenvalue weighted by atomic mass is 9.47. The Labute approximate surface area is 167 Å². The van der Waals surface area contributed by atoms with Crippen LogP contribution in [0.15, 0.2) is 11.6 Å². The summed E-state index contributed by atoms with van der Waals surface area (Å²) in [6, 6.07) is 0. The summed E-state index contributed by atoms with van der Waals surface area (Å²) in [6.07, 6.45) is 8.02. The van der Waals surface area contributed by atoms with Gasteiger partial charge in [-0.3, -0.25) is 14.4 Å². The number of ether oxygens (including phenoxy) is 2. The highest BCUT2D eigenvalue weighted by atomic mass is 16.5. The average Bonchev–Trinajstić information content (AvgIpc) is 2.92. The summed E-state index contributed by atoms with van der Waals surface area (Å²) < 4.78 is 11.1. The highest BCUT2D eigenvalue weighted by molar-refractivity contribution is 5.94. The highest BCUT2D eigenvalue weighted by Crippen LogP contribution is 2.64. The van der Waals surface area contributed by atoms with E-state index in [-0.39, 0.29) is 52.6 Å². The highest BCUT2D eigenvalue weighted by Gasteiger charge is 2.61. The third-order valence-corrected chi connectivity index (χ3v) is 8.45. The summed E-state index contributed by atoms with van der Waals surface area (Å²) in [5, 5.41) is 0. The van der Waals surface area contributed by atoms with Gasteiger partial charge in [-0.15, -0.1) is 0 Å². The van der Waals surface area contributed by atoms with Gasteiger partial charge in [-0.2, -0.15) is 0 Å². The van der Waals surface area contributed by atoms with Crippen molar-refractivity contribution >= 4 is 17.7 Å². The second-order valence-electron chi connectivity index (χ2n) is 9.92. The molecule has 28 heavy (non-hydrogen) atoms. The van der Waals surface area contributed by atoms with Gasteiger partial charge in [0.2, 0.25) is 0 Å². The lowest BCUT2D eigenvalue weighted by Crippen LogP contribution is -2.54. The van der Waals surface area contributed by atoms with Gasteiger partial charge < -0.3 is 9.47 Å². The van der Waals surface area contributed by atoms with Crippen molar-refractivity contribution in [1.29, 1.82) is 0 Å². The van der Waals surface area contributed by atoms with Crippen molar-refractivity contribution in [3.8, 4) is 0 Å². The molecule has 0 unspecified atom stereocenters. The average molecular weight is 389 g/mol. The van der Waals surface area contributed by atoms with Crippen molar-refractivity contribution in [1.82, 2.24) is 0 Å². The molecular formula is C23H32O5. The van der Waals surface area contributed by atoms with Crippen molar-refractivity contribution in [2.24, 2.45) is 28.6 Å². The first-order chi connectivity index (χ1) is 13.1. The molecule has 0 amide bonds. The van der Waals surface area contributed by atoms with Gasteiger partial charge in [-0.1, -0.05) is 19.4 Å². The molecule has 0 N–H and O–H groups in total. The zero-order chi connectivity index (χ0) is 20.3. The molecule has 3 fully saturated rings. The lowest BCUT2D eigenvalue weighted by Gasteiger charge is -2.56. The Hall–Kier alpha value is -1.65. The van der Waals surface area contributed by atoms with E-state index in [2.05, 4.69) is 13.8 Å². The molecule has 4 aliphatic carbocycles. The number of hydrogen-bond acceptors (Lipinski definition) is 5. The van der Waals surface area contributed by atoms with Crippen LogP contribution >= 0.6 is 0 Å². The molecule has 0 saturated heterocycles. The molecular weight excluding hydrogens is 356 g/mol. The van der Waals surface area contributed by atoms with Gasteiger partial charge in [0.15, 0.2) is 5.78 Å². The Morgan fingerprint density at radius 1 is 0.964 bits per heavy atom. The molecule has 3 saturated carbocycles. The molecule has 0 spiro atoms. The smallest absolute Gasteiger partial charge is 0.302 e. The lowest BCUT2D eigenvalue weighted by molar-refractivity contribution is -0.158. The second-order valence-corrected chi connectivity index (χ2v) is 9.92. The Kier molecular flexibility index (Phi) is 4.71. The maximum atomic E-state index is 13.3. The molecule has 7 atom stereocenters. The maximum Gasteiger partial charge on any atom is 0.302 e. The van der Waals surface area contributed by atoms with Crippen molar-refractivity contribution in [3.63, 3.8) is 0 Å². The number of carbonyl (C=O) groups is 3. The molecule has 4 aliphatic rings. The maximum absolute atomic E-state index is 13.3. The molecule has 0 aromatic heterocycles. The van der Waals surface area contributed by atoms with Crippen LogP contribution in [-0.2, 0) is 23.9 Å². The third-order valence-electron chi connectivity index (χ3n) is 8.45. The van der Waals surface area contributed by atoms with E-state index in [1.54, 1.807) is 0 Å². The molecule has 0 aromatic carbocycles. The van der Waals surface area contributed by atoms with E-state index in [1.807, 2.05) is 6.08 Å². The monoisotopic (exact) mass is 388 g/mol. The summed E-state index contributed by atoms with van der Waals surface area (Å²) in [5.41, 5.74) is 1.09. The molecule has 0 heterocycles. The van der Waals surface area contributed by atoms with Crippen LogP contribution in [0.5, 0.6) is 0 Å². The largest absolute Gasteiger partial charge is 0.462 e. The van der Waals surface area contributed by atoms with E-state index in [0.717, 1.165) is 38.5 Å². The van der Waals surface area contributed by atoms with Gasteiger partial charge in [0, 0.05) is 31.6 Å². The van der Waals surface area contributed by atoms with E-state index in [4.69, 9.17) is 9.47 Å². The van der Waals surface area contributed by atoms with Crippen molar-refractivity contribution in [2.75, 3.05) is 0 Å². The number of rotatable bonds is 2. The van der Waals surface area contributed by atoms with E-state index in [1.165, 1.54) is 19.4 Å². The minimum absolute atomic E-state index is 0.01000. The van der Waals surface area contributed by atoms with Crippen LogP contribution in [0, 0.1) is 28.6 Å². The minimum atomic E-state index is -0.245. The van der Waals surface area contributed by atoms with Gasteiger partial charge in [0.05, 0.1) is 0 Å². The van der Waals surface area contributed by atoms with Crippen LogP contribution in [0.3, 0.4) is 0 Å². The first-order valence-corrected chi connectivity index (χ1v) is 10.7. The van der Waals surface area contributed by atoms with E-state index in [9.17, 15) is 14.4 Å². The quantitative estimate of drug-likeness (QED) is 0.669. The Morgan fingerprint density at radius 3 is 2.36 bits per heavy atom. The van der Waals surface area contributed by atoms with Crippen LogP contribution in [-0.4, -0.2) is 29.9 Å². The van der Waals surface area contributed by atoms with Crippen molar-refractivity contribution < 1.29 is 23.9 Å². The molecule has 0 radical (unpaired) electrons. The summed E-state index contributed by atoms with van der Waals surface area (Å²) >= 11 is 0. The second kappa shape index (κ2) is 6.70. The number of carbonyl (C=O) groups excluding carboxylic acids is 3. The predicted molar refractivity (Wildman–Crippen MR) is 103 cm³/mol. The fourth-order valence-electron chi connectivity index (χ4n) is 7.05. The van der Waals surface area contributed by atoms with Gasteiger partial charge in [-0.25, -0.2) is 0 Å². The van der Waals surface area contributed by atoms with E-state index < -0.39 is 0 Å². The molecule has 154 valence electrons. The molecule has 5 nitrogen and oxygen atoms in total. The first kappa shape index (κ1) is 19.7.